The van der Waals surface area contributed by atoms with E-state index in [1.54, 1.807) is 0 Å². The molecule has 1 atom stereocenters. The number of fused-ring (bicyclic) bond motifs is 3. The van der Waals surface area contributed by atoms with Crippen LogP contribution in [0.5, 0.6) is 0 Å². The lowest BCUT2D eigenvalue weighted by molar-refractivity contribution is -0.150. The largest absolute Gasteiger partial charge is 0.333 e. The van der Waals surface area contributed by atoms with Crippen molar-refractivity contribution < 1.29 is 9.59 Å². The smallest absolute Gasteiger partial charge is 0.235 e. The Hall–Kier alpha value is -1.84. The molecule has 2 N–H and O–H groups in total. The summed E-state index contributed by atoms with van der Waals surface area (Å²) >= 11 is 0. The Morgan fingerprint density at radius 2 is 1.78 bits per heavy atom. The van der Waals surface area contributed by atoms with Crippen molar-refractivity contribution >= 4 is 11.8 Å². The van der Waals surface area contributed by atoms with Gasteiger partial charge >= 0.3 is 0 Å². The van der Waals surface area contributed by atoms with Gasteiger partial charge in [0.25, 0.3) is 0 Å². The summed E-state index contributed by atoms with van der Waals surface area (Å²) in [5.41, 5.74) is 0.522. The van der Waals surface area contributed by atoms with E-state index in [1.165, 1.54) is 0 Å². The van der Waals surface area contributed by atoms with Gasteiger partial charge in [0.15, 0.2) is 0 Å². The van der Waals surface area contributed by atoms with Gasteiger partial charge in [-0.15, -0.1) is 0 Å². The second-order valence-electron chi connectivity index (χ2n) is 5.11. The van der Waals surface area contributed by atoms with E-state index in [1.807, 2.05) is 37.3 Å². The van der Waals surface area contributed by atoms with Gasteiger partial charge < -0.3 is 10.6 Å². The van der Waals surface area contributed by atoms with Crippen LogP contribution in [0.2, 0.25) is 0 Å². The molecule has 0 spiro atoms. The van der Waals surface area contributed by atoms with Crippen molar-refractivity contribution in [1.82, 2.24) is 10.6 Å². The van der Waals surface area contributed by atoms with Gasteiger partial charge in [-0.2, -0.15) is 0 Å². The molecule has 0 saturated carbocycles. The predicted octanol–water partition coefficient (Wildman–Crippen LogP) is 1.14. The third kappa shape index (κ3) is 1.52. The summed E-state index contributed by atoms with van der Waals surface area (Å²) in [7, 11) is 0. The zero-order chi connectivity index (χ0) is 12.8. The normalized spacial score (nSPS) is 34.1. The number of rotatable bonds is 2. The summed E-state index contributed by atoms with van der Waals surface area (Å²) in [6, 6.07) is 9.84. The molecule has 4 heteroatoms. The second kappa shape index (κ2) is 3.83. The second-order valence-corrected chi connectivity index (χ2v) is 5.11. The quantitative estimate of drug-likeness (QED) is 0.766. The Bertz CT molecular complexity index is 480. The average Bonchev–Trinajstić information content (AvgIpc) is 2.39. The highest BCUT2D eigenvalue weighted by Crippen LogP contribution is 2.41. The van der Waals surface area contributed by atoms with E-state index in [-0.39, 0.29) is 17.7 Å². The summed E-state index contributed by atoms with van der Waals surface area (Å²) in [5.74, 6) is -0.865. The Labute approximate surface area is 106 Å². The van der Waals surface area contributed by atoms with E-state index in [4.69, 9.17) is 0 Å². The lowest BCUT2D eigenvalue weighted by Gasteiger charge is -2.50. The summed E-state index contributed by atoms with van der Waals surface area (Å²) in [6.45, 7) is 1.98. The Kier molecular flexibility index (Phi) is 2.40. The van der Waals surface area contributed by atoms with Crippen molar-refractivity contribution in [3.63, 3.8) is 0 Å². The minimum atomic E-state index is -0.583. The molecule has 18 heavy (non-hydrogen) atoms. The van der Waals surface area contributed by atoms with Crippen LogP contribution in [0.25, 0.3) is 0 Å². The van der Waals surface area contributed by atoms with Gasteiger partial charge in [-0.3, -0.25) is 9.59 Å². The number of carbonyl (C=O) groups is 2. The first kappa shape index (κ1) is 11.3. The summed E-state index contributed by atoms with van der Waals surface area (Å²) in [6.07, 6.45) is 1.48. The minimum absolute atomic E-state index is 0.00588. The van der Waals surface area contributed by atoms with Gasteiger partial charge in [0.1, 0.15) is 11.6 Å². The van der Waals surface area contributed by atoms with Gasteiger partial charge in [-0.05, 0) is 18.4 Å². The van der Waals surface area contributed by atoms with Crippen LogP contribution in [0, 0.1) is 5.92 Å². The van der Waals surface area contributed by atoms with E-state index in [0.29, 0.717) is 6.42 Å². The predicted molar refractivity (Wildman–Crippen MR) is 66.6 cm³/mol. The maximum atomic E-state index is 12.0. The van der Waals surface area contributed by atoms with Crippen LogP contribution in [0.4, 0.5) is 0 Å². The van der Waals surface area contributed by atoms with Gasteiger partial charge in [-0.1, -0.05) is 37.3 Å². The zero-order valence-electron chi connectivity index (χ0n) is 10.3. The van der Waals surface area contributed by atoms with E-state index in [2.05, 4.69) is 10.6 Å². The van der Waals surface area contributed by atoms with Crippen molar-refractivity contribution in [3.05, 3.63) is 35.9 Å². The molecular formula is C14H16N2O2. The maximum absolute atomic E-state index is 12.0. The first-order valence-electron chi connectivity index (χ1n) is 6.34. The van der Waals surface area contributed by atoms with Crippen molar-refractivity contribution in [2.45, 2.75) is 31.3 Å². The molecule has 0 aliphatic carbocycles. The topological polar surface area (TPSA) is 58.2 Å². The Balaban J connectivity index is 2.02. The third-order valence-corrected chi connectivity index (χ3v) is 4.09. The molecule has 4 nitrogen and oxygen atoms in total. The fourth-order valence-electron chi connectivity index (χ4n) is 3.07. The third-order valence-electron chi connectivity index (χ3n) is 4.09. The number of hydrogen-bond donors (Lipinski definition) is 2. The molecular weight excluding hydrogens is 228 g/mol. The van der Waals surface area contributed by atoms with Crippen LogP contribution in [0.3, 0.4) is 0 Å². The van der Waals surface area contributed by atoms with Crippen LogP contribution < -0.4 is 10.6 Å². The highest BCUT2D eigenvalue weighted by atomic mass is 16.2. The van der Waals surface area contributed by atoms with Crippen LogP contribution >= 0.6 is 0 Å². The zero-order valence-corrected chi connectivity index (χ0v) is 10.3. The van der Waals surface area contributed by atoms with Crippen molar-refractivity contribution in [2.75, 3.05) is 0 Å². The van der Waals surface area contributed by atoms with Crippen LogP contribution in [-0.4, -0.2) is 17.5 Å². The molecule has 2 bridgehead atoms. The average molecular weight is 244 g/mol. The first-order valence-corrected chi connectivity index (χ1v) is 6.34. The molecule has 3 heterocycles. The van der Waals surface area contributed by atoms with E-state index < -0.39 is 11.6 Å². The molecule has 1 unspecified atom stereocenters. The van der Waals surface area contributed by atoms with E-state index in [0.717, 1.165) is 12.0 Å². The maximum Gasteiger partial charge on any atom is 0.235 e. The number of benzene rings is 1. The lowest BCUT2D eigenvalue weighted by atomic mass is 9.71. The van der Waals surface area contributed by atoms with Crippen LogP contribution in [0.15, 0.2) is 30.3 Å². The fourth-order valence-corrected chi connectivity index (χ4v) is 3.07. The molecule has 2 amide bonds. The lowest BCUT2D eigenvalue weighted by Crippen LogP contribution is -2.73. The molecule has 94 valence electrons. The summed E-state index contributed by atoms with van der Waals surface area (Å²) < 4.78 is 0. The van der Waals surface area contributed by atoms with Gasteiger partial charge in [-0.25, -0.2) is 0 Å². The van der Waals surface area contributed by atoms with Crippen LogP contribution in [-0.2, 0) is 9.59 Å². The standard InChI is InChI=1S/C14H16N2O2/c1-2-14-8-10(9-6-4-3-5-7-9)11(12(17)15-14)13(18)16-14/h3-7,10-11H,2,8H2,1H3,(H,15,17)(H,16,18). The molecule has 0 aromatic heterocycles. The van der Waals surface area contributed by atoms with E-state index >= 15 is 0 Å². The number of hydrogen-bond acceptors (Lipinski definition) is 2. The van der Waals surface area contributed by atoms with Crippen molar-refractivity contribution in [3.8, 4) is 0 Å². The highest BCUT2D eigenvalue weighted by molar-refractivity contribution is 6.05. The number of amides is 2. The van der Waals surface area contributed by atoms with Gasteiger partial charge in [0.2, 0.25) is 11.8 Å². The molecule has 3 fully saturated rings. The van der Waals surface area contributed by atoms with Crippen molar-refractivity contribution in [1.29, 1.82) is 0 Å². The molecule has 1 aromatic carbocycles. The summed E-state index contributed by atoms with van der Waals surface area (Å²) in [5, 5.41) is 5.88. The Morgan fingerprint density at radius 1 is 1.17 bits per heavy atom. The van der Waals surface area contributed by atoms with Gasteiger partial charge in [0, 0.05) is 5.92 Å². The van der Waals surface area contributed by atoms with Crippen LogP contribution in [0.1, 0.15) is 31.2 Å². The highest BCUT2D eigenvalue weighted by Gasteiger charge is 2.54. The SMILES string of the molecule is CCC12CC(c3ccccc3)C(C(=O)N1)C(=O)N2. The molecule has 3 saturated heterocycles. The Morgan fingerprint density at radius 3 is 2.33 bits per heavy atom. The number of piperidine rings is 2. The fraction of sp³-hybridized carbons (Fsp3) is 0.429. The van der Waals surface area contributed by atoms with E-state index in [9.17, 15) is 9.59 Å². The monoisotopic (exact) mass is 244 g/mol. The number of nitrogens with one attached hydrogen (secondary N) is 2. The number of carbonyl (C=O) groups excluding carboxylic acids is 2. The molecule has 4 rings (SSSR count). The minimum Gasteiger partial charge on any atom is -0.333 e. The molecule has 0 radical (unpaired) electrons. The molecule has 3 aliphatic rings. The summed E-state index contributed by atoms with van der Waals surface area (Å²) in [4.78, 5) is 24.1. The first-order chi connectivity index (χ1) is 8.65. The molecule has 1 aromatic rings. The molecule has 3 aliphatic heterocycles. The van der Waals surface area contributed by atoms with Crippen molar-refractivity contribution in [2.24, 2.45) is 5.92 Å². The van der Waals surface area contributed by atoms with Gasteiger partial charge in [0.05, 0.1) is 0 Å².